The monoisotopic (exact) mass is 316 g/mol. The van der Waals surface area contributed by atoms with Gasteiger partial charge in [0, 0.05) is 18.1 Å². The van der Waals surface area contributed by atoms with E-state index in [1.54, 1.807) is 24.4 Å². The van der Waals surface area contributed by atoms with E-state index in [2.05, 4.69) is 20.5 Å². The Morgan fingerprint density at radius 1 is 1.18 bits per heavy atom. The van der Waals surface area contributed by atoms with Crippen molar-refractivity contribution in [1.29, 1.82) is 0 Å². The van der Waals surface area contributed by atoms with Crippen molar-refractivity contribution in [3.63, 3.8) is 0 Å². The van der Waals surface area contributed by atoms with Crippen LogP contribution in [0.15, 0.2) is 47.6 Å². The van der Waals surface area contributed by atoms with Crippen molar-refractivity contribution < 1.29 is 13.2 Å². The molecule has 0 unspecified atom stereocenters. The summed E-state index contributed by atoms with van der Waals surface area (Å²) in [6, 6.07) is 8.04. The van der Waals surface area contributed by atoms with Gasteiger partial charge in [0.05, 0.1) is 16.7 Å². The number of hydrogen-bond donors (Lipinski definition) is 3. The van der Waals surface area contributed by atoms with Crippen LogP contribution in [0, 0.1) is 0 Å². The molecule has 8 heteroatoms. The molecule has 2 heterocycles. The molecule has 1 amide bonds. The number of nitrogens with zero attached hydrogens (tertiary/aromatic N) is 2. The van der Waals surface area contributed by atoms with Crippen LogP contribution in [0.5, 0.6) is 0 Å². The summed E-state index contributed by atoms with van der Waals surface area (Å²) in [5.41, 5.74) is 1.87. The number of nitrogens with one attached hydrogen (secondary N) is 2. The summed E-state index contributed by atoms with van der Waals surface area (Å²) >= 11 is 0. The number of carbonyl (C=O) groups is 1. The summed E-state index contributed by atoms with van der Waals surface area (Å²) in [5.74, 6) is -0.255. The highest BCUT2D eigenvalue weighted by Crippen LogP contribution is 2.10. The largest absolute Gasteiger partial charge is 0.348 e. The molecule has 112 valence electrons. The van der Waals surface area contributed by atoms with Crippen molar-refractivity contribution in [1.82, 2.24) is 20.5 Å². The quantitative estimate of drug-likeness (QED) is 0.619. The molecule has 0 saturated heterocycles. The standard InChI is InChI=1S/C14H12N4O3S/c19-14(11-5-10-8-17-18-13(10)15-7-11)16-6-9-1-3-12(4-2-9)22(20)21/h1-5,7-8,22H,6H2,(H,16,19)(H,15,17,18). The van der Waals surface area contributed by atoms with E-state index in [9.17, 15) is 13.2 Å². The number of carbonyl (C=O) groups excluding carboxylic acids is 1. The number of aromatic amines is 1. The Kier molecular flexibility index (Phi) is 3.84. The van der Waals surface area contributed by atoms with Crippen molar-refractivity contribution >= 4 is 27.6 Å². The molecule has 0 bridgehead atoms. The number of pyridine rings is 1. The summed E-state index contributed by atoms with van der Waals surface area (Å²) in [6.45, 7) is 0.304. The third-order valence-electron chi connectivity index (χ3n) is 3.15. The van der Waals surface area contributed by atoms with Gasteiger partial charge in [-0.2, -0.15) is 5.10 Å². The van der Waals surface area contributed by atoms with Gasteiger partial charge in [-0.1, -0.05) is 12.1 Å². The van der Waals surface area contributed by atoms with Gasteiger partial charge in [0.25, 0.3) is 5.91 Å². The maximum Gasteiger partial charge on any atom is 0.253 e. The normalized spacial score (nSPS) is 11.0. The lowest BCUT2D eigenvalue weighted by Crippen LogP contribution is -2.22. The van der Waals surface area contributed by atoms with E-state index < -0.39 is 10.7 Å². The van der Waals surface area contributed by atoms with Crippen LogP contribution in [-0.2, 0) is 17.2 Å². The van der Waals surface area contributed by atoms with Crippen LogP contribution in [0.25, 0.3) is 11.0 Å². The van der Waals surface area contributed by atoms with Gasteiger partial charge >= 0.3 is 0 Å². The van der Waals surface area contributed by atoms with Crippen LogP contribution in [0.3, 0.4) is 0 Å². The number of fused-ring (bicyclic) bond motifs is 1. The lowest BCUT2D eigenvalue weighted by atomic mass is 10.2. The van der Waals surface area contributed by atoms with Crippen molar-refractivity contribution in [2.45, 2.75) is 11.4 Å². The van der Waals surface area contributed by atoms with Crippen LogP contribution in [0.4, 0.5) is 0 Å². The molecule has 0 spiro atoms. The first-order valence-electron chi connectivity index (χ1n) is 6.44. The minimum atomic E-state index is -2.58. The average molecular weight is 316 g/mol. The smallest absolute Gasteiger partial charge is 0.253 e. The second-order valence-electron chi connectivity index (χ2n) is 4.64. The predicted molar refractivity (Wildman–Crippen MR) is 80.1 cm³/mol. The van der Waals surface area contributed by atoms with Gasteiger partial charge in [0.15, 0.2) is 16.4 Å². The summed E-state index contributed by atoms with van der Waals surface area (Å²) in [5, 5.41) is 10.1. The Balaban J connectivity index is 1.68. The average Bonchev–Trinajstić information content (AvgIpc) is 3.00. The van der Waals surface area contributed by atoms with Crippen LogP contribution in [-0.4, -0.2) is 29.5 Å². The van der Waals surface area contributed by atoms with E-state index in [1.165, 1.54) is 18.3 Å². The molecule has 0 aliphatic rings. The van der Waals surface area contributed by atoms with Crippen LogP contribution >= 0.6 is 0 Å². The van der Waals surface area contributed by atoms with Crippen molar-refractivity contribution in [2.24, 2.45) is 0 Å². The zero-order valence-electron chi connectivity index (χ0n) is 11.3. The first-order chi connectivity index (χ1) is 10.6. The minimum Gasteiger partial charge on any atom is -0.348 e. The van der Waals surface area contributed by atoms with Crippen molar-refractivity contribution in [2.75, 3.05) is 0 Å². The molecule has 7 nitrogen and oxygen atoms in total. The second kappa shape index (κ2) is 5.94. The van der Waals surface area contributed by atoms with Crippen LogP contribution < -0.4 is 5.32 Å². The van der Waals surface area contributed by atoms with Crippen LogP contribution in [0.2, 0.25) is 0 Å². The highest BCUT2D eigenvalue weighted by molar-refractivity contribution is 7.72. The fraction of sp³-hybridized carbons (Fsp3) is 0.0714. The van der Waals surface area contributed by atoms with Crippen molar-refractivity contribution in [3.05, 3.63) is 53.9 Å². The van der Waals surface area contributed by atoms with Gasteiger partial charge in [-0.05, 0) is 23.8 Å². The molecule has 3 rings (SSSR count). The van der Waals surface area contributed by atoms with Gasteiger partial charge < -0.3 is 5.32 Å². The third-order valence-corrected chi connectivity index (χ3v) is 3.87. The molecular weight excluding hydrogens is 304 g/mol. The second-order valence-corrected chi connectivity index (χ2v) is 5.67. The maximum absolute atomic E-state index is 12.1. The zero-order chi connectivity index (χ0) is 15.5. The minimum absolute atomic E-state index is 0.250. The van der Waals surface area contributed by atoms with Gasteiger partial charge in [-0.3, -0.25) is 9.89 Å². The van der Waals surface area contributed by atoms with Gasteiger partial charge in [0.1, 0.15) is 0 Å². The maximum atomic E-state index is 12.1. The molecule has 2 N–H and O–H groups in total. The molecular formula is C14H12N4O3S. The number of thiol groups is 1. The molecule has 2 aromatic heterocycles. The zero-order valence-corrected chi connectivity index (χ0v) is 12.2. The number of hydrogen-bond acceptors (Lipinski definition) is 5. The third kappa shape index (κ3) is 2.96. The van der Waals surface area contributed by atoms with E-state index in [-0.39, 0.29) is 10.8 Å². The van der Waals surface area contributed by atoms with E-state index in [4.69, 9.17) is 0 Å². The van der Waals surface area contributed by atoms with E-state index in [1.807, 2.05) is 0 Å². The summed E-state index contributed by atoms with van der Waals surface area (Å²) in [7, 11) is -2.58. The topological polar surface area (TPSA) is 105 Å². The Morgan fingerprint density at radius 2 is 1.95 bits per heavy atom. The van der Waals surface area contributed by atoms with E-state index in [0.29, 0.717) is 17.8 Å². The first-order valence-corrected chi connectivity index (χ1v) is 7.62. The molecule has 22 heavy (non-hydrogen) atoms. The summed E-state index contributed by atoms with van der Waals surface area (Å²) in [4.78, 5) is 16.4. The Hall–Kier alpha value is -2.74. The number of rotatable bonds is 4. The number of benzene rings is 1. The van der Waals surface area contributed by atoms with Crippen LogP contribution in [0.1, 0.15) is 15.9 Å². The fourth-order valence-electron chi connectivity index (χ4n) is 1.98. The molecule has 0 radical (unpaired) electrons. The molecule has 3 aromatic rings. The Bertz CT molecular complexity index is 892. The fourth-order valence-corrected chi connectivity index (χ4v) is 2.37. The molecule has 1 aromatic carbocycles. The van der Waals surface area contributed by atoms with Gasteiger partial charge in [-0.15, -0.1) is 0 Å². The lowest BCUT2D eigenvalue weighted by Gasteiger charge is -2.05. The number of amides is 1. The highest BCUT2D eigenvalue weighted by atomic mass is 32.2. The van der Waals surface area contributed by atoms with Gasteiger partial charge in [-0.25, -0.2) is 13.4 Å². The molecule has 0 atom stereocenters. The highest BCUT2D eigenvalue weighted by Gasteiger charge is 2.08. The SMILES string of the molecule is O=C(NCc1ccc([SH](=O)=O)cc1)c1cnc2[nH]ncc2c1. The summed E-state index contributed by atoms with van der Waals surface area (Å²) < 4.78 is 21.6. The van der Waals surface area contributed by atoms with Gasteiger partial charge in [0.2, 0.25) is 0 Å². The molecule has 0 aliphatic carbocycles. The Labute approximate surface area is 127 Å². The number of aromatic nitrogens is 3. The van der Waals surface area contributed by atoms with E-state index in [0.717, 1.165) is 10.9 Å². The predicted octanol–water partition coefficient (Wildman–Crippen LogP) is 0.858. The molecule has 0 aliphatic heterocycles. The number of H-pyrrole nitrogens is 1. The van der Waals surface area contributed by atoms with E-state index >= 15 is 0 Å². The molecule has 0 saturated carbocycles. The Morgan fingerprint density at radius 3 is 2.68 bits per heavy atom. The molecule has 0 fully saturated rings. The first kappa shape index (κ1) is 14.2. The van der Waals surface area contributed by atoms with Crippen molar-refractivity contribution in [3.8, 4) is 0 Å². The lowest BCUT2D eigenvalue weighted by molar-refractivity contribution is 0.0950. The summed E-state index contributed by atoms with van der Waals surface area (Å²) in [6.07, 6.45) is 3.07.